The summed E-state index contributed by atoms with van der Waals surface area (Å²) in [6.07, 6.45) is 19.3. The molecule has 0 radical (unpaired) electrons. The van der Waals surface area contributed by atoms with Crippen LogP contribution in [-0.2, 0) is 13.2 Å². The van der Waals surface area contributed by atoms with Crippen molar-refractivity contribution in [3.05, 3.63) is 133 Å². The molecule has 0 saturated heterocycles. The first-order chi connectivity index (χ1) is 34.8. The maximum atomic E-state index is 12.9. The molecule has 8 rings (SSSR count). The standard InChI is InChI=1S/C61H72Cl2O10/c1-35(2)8-6-9-36(3)49-22-23-50-46-21-20-44-28-37(24-26-60(44,4)51(46)25-27-61(49,50)5)10-7-11-45(42-29-47(58(68)69)54(52(62)31-42)72-33-38-12-16-40(17-13-38)56(64)65)43-30-48(59(70)71)55(53(63)32-43)73-34-39-14-18-41(19-15-39)57(66)67/h11-19,29-32,35-37,44,46,49-51H,6-10,20-28,33-34H2,1-5H3,(H,64,65)(H,66,67)(H,68,69)(H,70,71)/t36-,37+,44?,46+,49-,50+,51+,60+,61-/m1/s1. The number of ether oxygens (including phenoxy) is 2. The maximum absolute atomic E-state index is 12.9. The van der Waals surface area contributed by atoms with E-state index in [0.717, 1.165) is 48.3 Å². The van der Waals surface area contributed by atoms with Gasteiger partial charge in [-0.3, -0.25) is 0 Å². The van der Waals surface area contributed by atoms with Gasteiger partial charge in [-0.2, -0.15) is 0 Å². The fourth-order valence-corrected chi connectivity index (χ4v) is 15.0. The number of carboxylic acids is 4. The van der Waals surface area contributed by atoms with Gasteiger partial charge in [0.2, 0.25) is 0 Å². The maximum Gasteiger partial charge on any atom is 0.339 e. The first-order valence-electron chi connectivity index (χ1n) is 26.5. The van der Waals surface area contributed by atoms with Crippen LogP contribution in [0.2, 0.25) is 10.0 Å². The minimum Gasteiger partial charge on any atom is -0.486 e. The van der Waals surface area contributed by atoms with Crippen LogP contribution in [-0.4, -0.2) is 44.3 Å². The molecule has 0 spiro atoms. The number of rotatable bonds is 20. The summed E-state index contributed by atoms with van der Waals surface area (Å²) < 4.78 is 12.0. The second-order valence-electron chi connectivity index (χ2n) is 22.9. The molecule has 4 N–H and O–H groups in total. The van der Waals surface area contributed by atoms with E-state index in [1.54, 1.807) is 36.4 Å². The molecule has 0 amide bonds. The topological polar surface area (TPSA) is 168 Å². The average molecular weight is 1040 g/mol. The summed E-state index contributed by atoms with van der Waals surface area (Å²) in [4.78, 5) is 48.7. The van der Waals surface area contributed by atoms with Crippen molar-refractivity contribution in [1.29, 1.82) is 0 Å². The van der Waals surface area contributed by atoms with Crippen molar-refractivity contribution in [2.75, 3.05) is 0 Å². The van der Waals surface area contributed by atoms with Crippen LogP contribution >= 0.6 is 23.2 Å². The third-order valence-corrected chi connectivity index (χ3v) is 18.8. The van der Waals surface area contributed by atoms with E-state index >= 15 is 0 Å². The van der Waals surface area contributed by atoms with Crippen LogP contribution in [0, 0.1) is 58.2 Å². The highest BCUT2D eigenvalue weighted by atomic mass is 35.5. The lowest BCUT2D eigenvalue weighted by Crippen LogP contribution is -2.53. The Bertz CT molecular complexity index is 2580. The Morgan fingerprint density at radius 1 is 0.630 bits per heavy atom. The molecule has 4 fully saturated rings. The fraction of sp³-hybridized carbons (Fsp3) is 0.508. The van der Waals surface area contributed by atoms with Crippen molar-refractivity contribution in [3.8, 4) is 11.5 Å². The van der Waals surface area contributed by atoms with E-state index in [1.165, 1.54) is 107 Å². The minimum absolute atomic E-state index is 0.0239. The SMILES string of the molecule is CC(C)CCC[C@@H](C)[C@H]1CC[C@H]2[C@@H]3CCC4C[C@@H](CCC=C(c5cc(Cl)c(OCc6ccc(C(=O)O)cc6)c(C(=O)O)c5)c5cc(Cl)c(OCc6ccc(C(=O)O)cc6)c(C(=O)O)c5)CC[C@]4(C)[C@H]3CC[C@]12C. The zero-order chi connectivity index (χ0) is 52.4. The number of aromatic carboxylic acids is 4. The molecule has 73 heavy (non-hydrogen) atoms. The number of carboxylic acid groups (broad SMARTS) is 4. The number of benzene rings is 4. The van der Waals surface area contributed by atoms with E-state index in [2.05, 4.69) is 34.6 Å². The largest absolute Gasteiger partial charge is 0.486 e. The van der Waals surface area contributed by atoms with Gasteiger partial charge in [-0.1, -0.05) is 107 Å². The van der Waals surface area contributed by atoms with Crippen LogP contribution in [0.15, 0.2) is 78.9 Å². The highest BCUT2D eigenvalue weighted by molar-refractivity contribution is 6.33. The quantitative estimate of drug-likeness (QED) is 0.0669. The van der Waals surface area contributed by atoms with Crippen LogP contribution in [0.1, 0.15) is 188 Å². The molecule has 0 heterocycles. The number of hydrogen-bond acceptors (Lipinski definition) is 6. The molecule has 12 heteroatoms. The molecular formula is C61H72Cl2O10. The number of hydrogen-bond donors (Lipinski definition) is 4. The predicted molar refractivity (Wildman–Crippen MR) is 285 cm³/mol. The summed E-state index contributed by atoms with van der Waals surface area (Å²) >= 11 is 13.8. The van der Waals surface area contributed by atoms with E-state index in [9.17, 15) is 39.6 Å². The molecule has 9 atom stereocenters. The Kier molecular flexibility index (Phi) is 16.7. The van der Waals surface area contributed by atoms with Gasteiger partial charge in [0.1, 0.15) is 24.3 Å². The van der Waals surface area contributed by atoms with Crippen molar-refractivity contribution in [2.24, 2.45) is 58.2 Å². The van der Waals surface area contributed by atoms with Gasteiger partial charge >= 0.3 is 23.9 Å². The van der Waals surface area contributed by atoms with Gasteiger partial charge in [-0.05, 0) is 205 Å². The minimum atomic E-state index is -1.29. The van der Waals surface area contributed by atoms with Crippen LogP contribution in [0.4, 0.5) is 0 Å². The molecule has 4 aromatic carbocycles. The van der Waals surface area contributed by atoms with Crippen molar-refractivity contribution in [2.45, 2.75) is 138 Å². The Hall–Kier alpha value is -5.32. The first kappa shape index (κ1) is 54.0. The smallest absolute Gasteiger partial charge is 0.339 e. The normalized spacial score (nSPS) is 25.7. The zero-order valence-electron chi connectivity index (χ0n) is 42.9. The average Bonchev–Trinajstić information content (AvgIpc) is 3.71. The fourth-order valence-electron chi connectivity index (χ4n) is 14.4. The molecule has 4 aliphatic rings. The van der Waals surface area contributed by atoms with Crippen LogP contribution < -0.4 is 9.47 Å². The third-order valence-electron chi connectivity index (χ3n) is 18.2. The Morgan fingerprint density at radius 3 is 1.66 bits per heavy atom. The van der Waals surface area contributed by atoms with E-state index in [1.807, 2.05) is 6.08 Å². The number of halogens is 2. The lowest BCUT2D eigenvalue weighted by Gasteiger charge is -2.61. The van der Waals surface area contributed by atoms with Crippen LogP contribution in [0.5, 0.6) is 11.5 Å². The van der Waals surface area contributed by atoms with Gasteiger partial charge in [0, 0.05) is 0 Å². The van der Waals surface area contributed by atoms with Crippen LogP contribution in [0.25, 0.3) is 5.57 Å². The second-order valence-corrected chi connectivity index (χ2v) is 23.7. The Morgan fingerprint density at radius 2 is 1.15 bits per heavy atom. The van der Waals surface area contributed by atoms with Gasteiger partial charge in [-0.15, -0.1) is 0 Å². The van der Waals surface area contributed by atoms with Gasteiger partial charge in [0.25, 0.3) is 0 Å². The number of fused-ring (bicyclic) bond motifs is 5. The molecule has 4 saturated carbocycles. The highest BCUT2D eigenvalue weighted by Gasteiger charge is 2.60. The summed E-state index contributed by atoms with van der Waals surface area (Å²) in [6.45, 7) is 12.4. The van der Waals surface area contributed by atoms with Gasteiger partial charge < -0.3 is 29.9 Å². The summed E-state index contributed by atoms with van der Waals surface area (Å²) in [5.74, 6) is 1.18. The summed E-state index contributed by atoms with van der Waals surface area (Å²) in [5, 5.41) is 39.8. The van der Waals surface area contributed by atoms with Gasteiger partial charge in [0.05, 0.1) is 21.2 Å². The third kappa shape index (κ3) is 11.7. The first-order valence-corrected chi connectivity index (χ1v) is 27.3. The Labute approximate surface area is 440 Å². The second kappa shape index (κ2) is 22.7. The molecular weight excluding hydrogens is 964 g/mol. The summed E-state index contributed by atoms with van der Waals surface area (Å²) in [7, 11) is 0. The van der Waals surface area contributed by atoms with E-state index in [4.69, 9.17) is 32.7 Å². The van der Waals surface area contributed by atoms with Gasteiger partial charge in [0.15, 0.2) is 11.5 Å². The van der Waals surface area contributed by atoms with E-state index < -0.39 is 23.9 Å². The molecule has 4 aromatic rings. The number of carbonyl (C=O) groups is 4. The van der Waals surface area contributed by atoms with Crippen molar-refractivity contribution < 1.29 is 49.1 Å². The molecule has 0 aromatic heterocycles. The lowest BCUT2D eigenvalue weighted by atomic mass is 9.44. The Balaban J connectivity index is 1.03. The monoisotopic (exact) mass is 1030 g/mol. The molecule has 0 bridgehead atoms. The zero-order valence-corrected chi connectivity index (χ0v) is 44.4. The van der Waals surface area contributed by atoms with Crippen LogP contribution in [0.3, 0.4) is 0 Å². The summed E-state index contributed by atoms with van der Waals surface area (Å²) in [5.41, 5.74) is 3.22. The molecule has 4 aliphatic carbocycles. The molecule has 1 unspecified atom stereocenters. The van der Waals surface area contributed by atoms with E-state index in [-0.39, 0.29) is 57.0 Å². The lowest BCUT2D eigenvalue weighted by molar-refractivity contribution is -0.121. The molecule has 10 nitrogen and oxygen atoms in total. The van der Waals surface area contributed by atoms with Gasteiger partial charge in [-0.25, -0.2) is 19.2 Å². The van der Waals surface area contributed by atoms with Crippen molar-refractivity contribution >= 4 is 52.7 Å². The highest BCUT2D eigenvalue weighted by Crippen LogP contribution is 2.69. The van der Waals surface area contributed by atoms with Crippen molar-refractivity contribution in [1.82, 2.24) is 0 Å². The molecule has 390 valence electrons. The summed E-state index contributed by atoms with van der Waals surface area (Å²) in [6, 6.07) is 18.3. The molecule has 0 aliphatic heterocycles. The van der Waals surface area contributed by atoms with Crippen molar-refractivity contribution in [3.63, 3.8) is 0 Å². The number of allylic oxidation sites excluding steroid dienone is 1. The predicted octanol–water partition coefficient (Wildman–Crippen LogP) is 15.9. The van der Waals surface area contributed by atoms with E-state index in [0.29, 0.717) is 56.9 Å².